The van der Waals surface area contributed by atoms with Crippen LogP contribution in [0.15, 0.2) is 32.5 Å². The van der Waals surface area contributed by atoms with Crippen molar-refractivity contribution in [2.45, 2.75) is 33.2 Å². The summed E-state index contributed by atoms with van der Waals surface area (Å²) >= 11 is 0. The van der Waals surface area contributed by atoms with Crippen LogP contribution in [-0.4, -0.2) is 72.5 Å². The fraction of sp³-hybridized carbons (Fsp3) is 0.526. The Morgan fingerprint density at radius 1 is 1.26 bits per heavy atom. The van der Waals surface area contributed by atoms with Crippen LogP contribution >= 0.6 is 0 Å². The lowest BCUT2D eigenvalue weighted by molar-refractivity contribution is -0.127. The molecule has 2 aromatic rings. The van der Waals surface area contributed by atoms with Crippen molar-refractivity contribution in [3.8, 4) is 0 Å². The Kier molecular flexibility index (Phi) is 5.42. The number of hydrogen-bond acceptors (Lipinski definition) is 8. The number of aryl methyl sites for hydroxylation is 1. The topological polar surface area (TPSA) is 127 Å². The molecule has 0 aromatic carbocycles. The SMILES string of the molecule is CC1=C(C(=O)N2CCCS(=O)(=NC(=O)c3cc(C)on3)CC2)C(C)n2ncnc2N1C. The van der Waals surface area contributed by atoms with Gasteiger partial charge in [0.2, 0.25) is 5.95 Å². The molecule has 2 amide bonds. The van der Waals surface area contributed by atoms with Crippen molar-refractivity contribution < 1.29 is 18.3 Å². The predicted molar refractivity (Wildman–Crippen MR) is 113 cm³/mol. The molecular formula is C19H25N7O4S. The van der Waals surface area contributed by atoms with E-state index in [2.05, 4.69) is 19.6 Å². The summed E-state index contributed by atoms with van der Waals surface area (Å²) in [5.41, 5.74) is 1.48. The van der Waals surface area contributed by atoms with Gasteiger partial charge in [-0.2, -0.15) is 14.4 Å². The van der Waals surface area contributed by atoms with Crippen molar-refractivity contribution in [3.05, 3.63) is 35.1 Å². The first-order chi connectivity index (χ1) is 14.7. The fourth-order valence-electron chi connectivity index (χ4n) is 3.92. The summed E-state index contributed by atoms with van der Waals surface area (Å²) in [6.45, 7) is 6.17. The standard InChI is InChI=1S/C19H25N7O4S/c1-12-10-15(22-30-12)17(27)23-31(29)8-5-6-25(7-9-31)18(28)16-13(2)24(4)19-20-11-21-26(19)14(16)3/h10-11,14H,5-9H2,1-4H3. The van der Waals surface area contributed by atoms with Gasteiger partial charge in [-0.3, -0.25) is 9.59 Å². The monoisotopic (exact) mass is 447 g/mol. The molecule has 2 unspecified atom stereocenters. The number of carbonyl (C=O) groups excluding carboxylic acids is 2. The van der Waals surface area contributed by atoms with Gasteiger partial charge >= 0.3 is 5.91 Å². The van der Waals surface area contributed by atoms with Gasteiger partial charge in [0, 0.05) is 43.4 Å². The van der Waals surface area contributed by atoms with Gasteiger partial charge in [-0.15, -0.1) is 0 Å². The Bertz CT molecular complexity index is 1190. The van der Waals surface area contributed by atoms with E-state index in [0.29, 0.717) is 30.2 Å². The highest BCUT2D eigenvalue weighted by Gasteiger charge is 2.35. The minimum absolute atomic E-state index is 0.0425. The molecule has 12 heteroatoms. The molecule has 4 heterocycles. The first kappa shape index (κ1) is 21.2. The molecule has 1 fully saturated rings. The van der Waals surface area contributed by atoms with E-state index in [-0.39, 0.29) is 35.7 Å². The molecule has 4 rings (SSSR count). The van der Waals surface area contributed by atoms with Gasteiger partial charge in [0.1, 0.15) is 12.1 Å². The lowest BCUT2D eigenvalue weighted by atomic mass is 10.0. The van der Waals surface area contributed by atoms with Crippen LogP contribution in [0.25, 0.3) is 0 Å². The Labute approximate surface area is 180 Å². The molecule has 0 spiro atoms. The third-order valence-corrected chi connectivity index (χ3v) is 7.96. The maximum atomic E-state index is 13.4. The second-order valence-corrected chi connectivity index (χ2v) is 10.3. The van der Waals surface area contributed by atoms with Crippen molar-refractivity contribution >= 4 is 27.5 Å². The molecule has 2 aliphatic heterocycles. The van der Waals surface area contributed by atoms with E-state index in [1.165, 1.54) is 12.4 Å². The molecule has 31 heavy (non-hydrogen) atoms. The van der Waals surface area contributed by atoms with E-state index in [1.807, 2.05) is 25.8 Å². The van der Waals surface area contributed by atoms with Crippen LogP contribution in [-0.2, 0) is 14.5 Å². The van der Waals surface area contributed by atoms with Crippen molar-refractivity contribution in [2.24, 2.45) is 4.36 Å². The number of fused-ring (bicyclic) bond motifs is 1. The molecule has 2 atom stereocenters. The van der Waals surface area contributed by atoms with Crippen LogP contribution in [0.5, 0.6) is 0 Å². The van der Waals surface area contributed by atoms with Gasteiger partial charge in [0.05, 0.1) is 21.3 Å². The summed E-state index contributed by atoms with van der Waals surface area (Å²) in [5, 5.41) is 7.90. The highest BCUT2D eigenvalue weighted by molar-refractivity contribution is 7.93. The van der Waals surface area contributed by atoms with Crippen molar-refractivity contribution in [1.29, 1.82) is 0 Å². The number of rotatable bonds is 2. The number of carbonyl (C=O) groups is 2. The average Bonchev–Trinajstić information content (AvgIpc) is 3.34. The minimum atomic E-state index is -2.79. The van der Waals surface area contributed by atoms with Gasteiger partial charge < -0.3 is 14.3 Å². The predicted octanol–water partition coefficient (Wildman–Crippen LogP) is 1.40. The highest BCUT2D eigenvalue weighted by atomic mass is 32.2. The van der Waals surface area contributed by atoms with Gasteiger partial charge in [-0.1, -0.05) is 5.16 Å². The van der Waals surface area contributed by atoms with Crippen LogP contribution < -0.4 is 4.90 Å². The van der Waals surface area contributed by atoms with Crippen molar-refractivity contribution in [1.82, 2.24) is 24.8 Å². The fourth-order valence-corrected chi connectivity index (χ4v) is 5.79. The second kappa shape index (κ2) is 7.91. The van der Waals surface area contributed by atoms with E-state index in [4.69, 9.17) is 4.52 Å². The third kappa shape index (κ3) is 3.87. The van der Waals surface area contributed by atoms with E-state index < -0.39 is 15.6 Å². The van der Waals surface area contributed by atoms with Crippen LogP contribution in [0.2, 0.25) is 0 Å². The van der Waals surface area contributed by atoms with Crippen LogP contribution in [0.3, 0.4) is 0 Å². The molecule has 166 valence electrons. The first-order valence-electron chi connectivity index (χ1n) is 10.0. The Morgan fingerprint density at radius 2 is 2.03 bits per heavy atom. The van der Waals surface area contributed by atoms with Crippen LogP contribution in [0.1, 0.15) is 42.6 Å². The molecular weight excluding hydrogens is 422 g/mol. The normalized spacial score (nSPS) is 24.1. The Morgan fingerprint density at radius 3 is 2.74 bits per heavy atom. The van der Waals surface area contributed by atoms with E-state index in [0.717, 1.165) is 5.70 Å². The third-order valence-electron chi connectivity index (χ3n) is 5.72. The number of anilines is 1. The van der Waals surface area contributed by atoms with Crippen LogP contribution in [0, 0.1) is 6.92 Å². The smallest absolute Gasteiger partial charge is 0.307 e. The molecule has 11 nitrogen and oxygen atoms in total. The quantitative estimate of drug-likeness (QED) is 0.676. The Hall–Kier alpha value is -3.02. The van der Waals surface area contributed by atoms with Gasteiger partial charge in [0.15, 0.2) is 5.69 Å². The summed E-state index contributed by atoms with van der Waals surface area (Å²) in [5.74, 6) is 0.770. The molecule has 1 saturated heterocycles. The average molecular weight is 448 g/mol. The van der Waals surface area contributed by atoms with E-state index in [9.17, 15) is 13.8 Å². The first-order valence-corrected chi connectivity index (χ1v) is 11.9. The number of allylic oxidation sites excluding steroid dienone is 1. The zero-order chi connectivity index (χ0) is 22.3. The zero-order valence-electron chi connectivity index (χ0n) is 17.9. The van der Waals surface area contributed by atoms with E-state index in [1.54, 1.807) is 16.5 Å². The van der Waals surface area contributed by atoms with Gasteiger partial charge in [-0.25, -0.2) is 8.89 Å². The van der Waals surface area contributed by atoms with E-state index >= 15 is 0 Å². The molecule has 0 N–H and O–H groups in total. The molecule has 2 aliphatic rings. The largest absolute Gasteiger partial charge is 0.361 e. The molecule has 0 aliphatic carbocycles. The number of hydrogen-bond donors (Lipinski definition) is 0. The number of aromatic nitrogens is 4. The summed E-state index contributed by atoms with van der Waals surface area (Å²) < 4.78 is 23.8. The lowest BCUT2D eigenvalue weighted by Gasteiger charge is -2.34. The summed E-state index contributed by atoms with van der Waals surface area (Å²) in [7, 11) is -0.946. The molecule has 0 saturated carbocycles. The molecule has 0 radical (unpaired) electrons. The summed E-state index contributed by atoms with van der Waals surface area (Å²) in [4.78, 5) is 33.6. The minimum Gasteiger partial charge on any atom is -0.361 e. The van der Waals surface area contributed by atoms with Crippen molar-refractivity contribution in [3.63, 3.8) is 0 Å². The number of amides is 2. The summed E-state index contributed by atoms with van der Waals surface area (Å²) in [6, 6.07) is 1.20. The second-order valence-electron chi connectivity index (χ2n) is 7.78. The van der Waals surface area contributed by atoms with Gasteiger partial charge in [0.25, 0.3) is 5.91 Å². The van der Waals surface area contributed by atoms with Crippen LogP contribution in [0.4, 0.5) is 5.95 Å². The molecule has 2 aromatic heterocycles. The maximum absolute atomic E-state index is 13.4. The van der Waals surface area contributed by atoms with Gasteiger partial charge in [-0.05, 0) is 27.2 Å². The Balaban J connectivity index is 1.54. The highest BCUT2D eigenvalue weighted by Crippen LogP contribution is 2.33. The molecule has 0 bridgehead atoms. The maximum Gasteiger partial charge on any atom is 0.307 e. The number of nitrogens with zero attached hydrogens (tertiary/aromatic N) is 7. The lowest BCUT2D eigenvalue weighted by Crippen LogP contribution is -2.40. The van der Waals surface area contributed by atoms with Crippen molar-refractivity contribution in [2.75, 3.05) is 36.5 Å². The zero-order valence-corrected chi connectivity index (χ0v) is 18.8. The summed E-state index contributed by atoms with van der Waals surface area (Å²) in [6.07, 6.45) is 1.96.